The van der Waals surface area contributed by atoms with Crippen molar-refractivity contribution in [3.8, 4) is 5.75 Å². The van der Waals surface area contributed by atoms with E-state index < -0.39 is 0 Å². The van der Waals surface area contributed by atoms with Crippen molar-refractivity contribution in [2.75, 3.05) is 7.05 Å². The Morgan fingerprint density at radius 3 is 2.85 bits per heavy atom. The van der Waals surface area contributed by atoms with E-state index in [0.717, 1.165) is 5.56 Å². The van der Waals surface area contributed by atoms with E-state index in [1.807, 2.05) is 19.1 Å². The summed E-state index contributed by atoms with van der Waals surface area (Å²) in [7, 11) is 1.76. The van der Waals surface area contributed by atoms with Crippen LogP contribution in [0.5, 0.6) is 5.75 Å². The van der Waals surface area contributed by atoms with E-state index in [1.165, 1.54) is 0 Å². The van der Waals surface area contributed by atoms with Crippen LogP contribution in [-0.2, 0) is 11.3 Å². The molecule has 1 atom stereocenters. The van der Waals surface area contributed by atoms with E-state index in [9.17, 15) is 9.90 Å². The lowest BCUT2D eigenvalue weighted by molar-refractivity contribution is -0.134. The lowest BCUT2D eigenvalue weighted by Crippen LogP contribution is -2.34. The molecule has 0 saturated heterocycles. The number of carbonyl (C=O) groups excluding carboxylic acids is 1. The molecule has 0 aliphatic rings. The Hall–Kier alpha value is -2.30. The molecule has 0 spiro atoms. The Morgan fingerprint density at radius 1 is 1.45 bits per heavy atom. The fraction of sp³-hybridized carbons (Fsp3) is 0.333. The minimum atomic E-state index is -0.285. The highest BCUT2D eigenvalue weighted by Crippen LogP contribution is 2.17. The second-order valence-corrected chi connectivity index (χ2v) is 4.77. The topological polar surface area (TPSA) is 58.4 Å². The van der Waals surface area contributed by atoms with Gasteiger partial charge in [0.05, 0.1) is 0 Å². The van der Waals surface area contributed by atoms with Gasteiger partial charge < -0.3 is 10.0 Å². The molecule has 1 amide bonds. The molecular formula is C15H19N3O2. The third-order valence-corrected chi connectivity index (χ3v) is 3.22. The van der Waals surface area contributed by atoms with Crippen molar-refractivity contribution in [3.63, 3.8) is 0 Å². The van der Waals surface area contributed by atoms with Gasteiger partial charge in [0.15, 0.2) is 0 Å². The van der Waals surface area contributed by atoms with E-state index in [-0.39, 0.29) is 17.7 Å². The molecule has 20 heavy (non-hydrogen) atoms. The first-order chi connectivity index (χ1) is 9.61. The van der Waals surface area contributed by atoms with Crippen molar-refractivity contribution < 1.29 is 9.90 Å². The molecule has 1 unspecified atom stereocenters. The van der Waals surface area contributed by atoms with Crippen LogP contribution in [0, 0.1) is 0 Å². The zero-order chi connectivity index (χ0) is 14.5. The number of nitrogens with zero attached hydrogens (tertiary/aromatic N) is 3. The highest BCUT2D eigenvalue weighted by Gasteiger charge is 2.22. The smallest absolute Gasteiger partial charge is 0.247 e. The van der Waals surface area contributed by atoms with E-state index in [1.54, 1.807) is 47.2 Å². The Labute approximate surface area is 118 Å². The lowest BCUT2D eigenvalue weighted by Gasteiger charge is -2.23. The van der Waals surface area contributed by atoms with Crippen LogP contribution in [0.3, 0.4) is 0 Å². The number of carbonyl (C=O) groups is 1. The highest BCUT2D eigenvalue weighted by atomic mass is 16.3. The first-order valence-electron chi connectivity index (χ1n) is 6.63. The van der Waals surface area contributed by atoms with Gasteiger partial charge in [-0.1, -0.05) is 19.1 Å². The van der Waals surface area contributed by atoms with E-state index in [2.05, 4.69) is 5.10 Å². The molecule has 0 aliphatic carbocycles. The number of hydrogen-bond acceptors (Lipinski definition) is 3. The Kier molecular flexibility index (Phi) is 4.40. The number of hydrogen-bond donors (Lipinski definition) is 1. The number of rotatable bonds is 5. The molecule has 2 aromatic rings. The van der Waals surface area contributed by atoms with Gasteiger partial charge in [-0.3, -0.25) is 9.48 Å². The molecule has 0 radical (unpaired) electrons. The maximum atomic E-state index is 12.5. The van der Waals surface area contributed by atoms with Crippen LogP contribution in [0.2, 0.25) is 0 Å². The normalized spacial score (nSPS) is 12.1. The molecule has 2 rings (SSSR count). The van der Waals surface area contributed by atoms with Crippen molar-refractivity contribution in [1.82, 2.24) is 14.7 Å². The van der Waals surface area contributed by atoms with E-state index >= 15 is 0 Å². The molecule has 0 aliphatic heterocycles. The predicted octanol–water partition coefficient (Wildman–Crippen LogP) is 2.20. The monoisotopic (exact) mass is 273 g/mol. The Bertz CT molecular complexity index is 566. The molecule has 5 nitrogen and oxygen atoms in total. The summed E-state index contributed by atoms with van der Waals surface area (Å²) in [6, 6.07) is 8.46. The number of aromatic hydroxyl groups is 1. The molecule has 0 bridgehead atoms. The zero-order valence-corrected chi connectivity index (χ0v) is 11.7. The van der Waals surface area contributed by atoms with Gasteiger partial charge in [0, 0.05) is 26.0 Å². The van der Waals surface area contributed by atoms with Gasteiger partial charge in [-0.05, 0) is 30.2 Å². The number of likely N-dealkylation sites (N-methyl/N-ethyl adjacent to an activating group) is 1. The first kappa shape index (κ1) is 14.1. The van der Waals surface area contributed by atoms with Crippen molar-refractivity contribution in [3.05, 3.63) is 48.3 Å². The second kappa shape index (κ2) is 6.23. The van der Waals surface area contributed by atoms with Gasteiger partial charge in [-0.2, -0.15) is 5.10 Å². The van der Waals surface area contributed by atoms with Crippen molar-refractivity contribution in [2.24, 2.45) is 0 Å². The van der Waals surface area contributed by atoms with Crippen molar-refractivity contribution in [1.29, 1.82) is 0 Å². The highest BCUT2D eigenvalue weighted by molar-refractivity contribution is 5.80. The lowest BCUT2D eigenvalue weighted by atomic mass is 10.1. The minimum absolute atomic E-state index is 0.0135. The fourth-order valence-electron chi connectivity index (χ4n) is 2.20. The quantitative estimate of drug-likeness (QED) is 0.908. The van der Waals surface area contributed by atoms with Gasteiger partial charge in [-0.15, -0.1) is 0 Å². The molecule has 1 aromatic heterocycles. The number of phenols is 1. The number of aromatic nitrogens is 2. The van der Waals surface area contributed by atoms with Crippen LogP contribution < -0.4 is 0 Å². The zero-order valence-electron chi connectivity index (χ0n) is 11.7. The largest absolute Gasteiger partial charge is 0.508 e. The van der Waals surface area contributed by atoms with Crippen molar-refractivity contribution >= 4 is 5.91 Å². The summed E-state index contributed by atoms with van der Waals surface area (Å²) in [5.74, 6) is 0.224. The molecule has 1 heterocycles. The Balaban J connectivity index is 2.08. The van der Waals surface area contributed by atoms with Crippen LogP contribution in [0.25, 0.3) is 0 Å². The Morgan fingerprint density at radius 2 is 2.25 bits per heavy atom. The van der Waals surface area contributed by atoms with Crippen LogP contribution in [0.1, 0.15) is 24.9 Å². The molecule has 0 fully saturated rings. The second-order valence-electron chi connectivity index (χ2n) is 4.77. The van der Waals surface area contributed by atoms with Crippen LogP contribution in [-0.4, -0.2) is 32.7 Å². The number of amides is 1. The van der Waals surface area contributed by atoms with E-state index in [0.29, 0.717) is 13.0 Å². The average molecular weight is 273 g/mol. The third-order valence-electron chi connectivity index (χ3n) is 3.22. The van der Waals surface area contributed by atoms with Crippen LogP contribution in [0.4, 0.5) is 0 Å². The standard InChI is InChI=1S/C15H19N3O2/c1-3-14(18-9-5-8-16-18)15(20)17(2)11-12-6-4-7-13(19)10-12/h4-10,14,19H,3,11H2,1-2H3. The maximum Gasteiger partial charge on any atom is 0.247 e. The van der Waals surface area contributed by atoms with E-state index in [4.69, 9.17) is 0 Å². The summed E-state index contributed by atoms with van der Waals surface area (Å²) >= 11 is 0. The summed E-state index contributed by atoms with van der Waals surface area (Å²) in [5, 5.41) is 13.6. The summed E-state index contributed by atoms with van der Waals surface area (Å²) in [5.41, 5.74) is 0.899. The molecule has 0 saturated carbocycles. The summed E-state index contributed by atoms with van der Waals surface area (Å²) in [4.78, 5) is 14.1. The summed E-state index contributed by atoms with van der Waals surface area (Å²) in [6.45, 7) is 2.43. The molecular weight excluding hydrogens is 254 g/mol. The maximum absolute atomic E-state index is 12.5. The first-order valence-corrected chi connectivity index (χ1v) is 6.63. The molecule has 5 heteroatoms. The van der Waals surface area contributed by atoms with Crippen LogP contribution >= 0.6 is 0 Å². The molecule has 1 N–H and O–H groups in total. The molecule has 106 valence electrons. The van der Waals surface area contributed by atoms with Crippen molar-refractivity contribution in [2.45, 2.75) is 25.9 Å². The summed E-state index contributed by atoms with van der Waals surface area (Å²) < 4.78 is 1.68. The molecule has 1 aromatic carbocycles. The average Bonchev–Trinajstić information content (AvgIpc) is 2.93. The predicted molar refractivity (Wildman–Crippen MR) is 76.1 cm³/mol. The van der Waals surface area contributed by atoms with Crippen LogP contribution in [0.15, 0.2) is 42.7 Å². The van der Waals surface area contributed by atoms with Gasteiger partial charge in [0.2, 0.25) is 5.91 Å². The fourth-order valence-corrected chi connectivity index (χ4v) is 2.20. The number of benzene rings is 1. The minimum Gasteiger partial charge on any atom is -0.508 e. The number of phenolic OH excluding ortho intramolecular Hbond substituents is 1. The summed E-state index contributed by atoms with van der Waals surface area (Å²) in [6.07, 6.45) is 4.16. The van der Waals surface area contributed by atoms with Gasteiger partial charge in [-0.25, -0.2) is 0 Å². The third kappa shape index (κ3) is 3.17. The van der Waals surface area contributed by atoms with Gasteiger partial charge >= 0.3 is 0 Å². The van der Waals surface area contributed by atoms with Gasteiger partial charge in [0.1, 0.15) is 11.8 Å². The SMILES string of the molecule is CCC(C(=O)N(C)Cc1cccc(O)c1)n1cccn1. The van der Waals surface area contributed by atoms with Gasteiger partial charge in [0.25, 0.3) is 0 Å².